The number of hydrogen-bond donors (Lipinski definition) is 1. The molecule has 4 aromatic rings. The number of benzene rings is 2. The van der Waals surface area contributed by atoms with Crippen LogP contribution in [0.25, 0.3) is 0 Å². The minimum absolute atomic E-state index is 0.166. The van der Waals surface area contributed by atoms with Crippen LogP contribution in [0.4, 0.5) is 11.4 Å². The van der Waals surface area contributed by atoms with Crippen molar-refractivity contribution >= 4 is 57.7 Å². The van der Waals surface area contributed by atoms with E-state index in [0.29, 0.717) is 13.1 Å². The smallest absolute Gasteiger partial charge is 0.312 e. The average molecular weight is 841 g/mol. The summed E-state index contributed by atoms with van der Waals surface area (Å²) in [5.74, 6) is 2.61. The molecule has 0 atom stereocenters. The molecule has 0 aliphatic carbocycles. The minimum atomic E-state index is -0.754. The molecule has 0 radical (unpaired) electrons. The molecule has 8 rings (SSSR count). The van der Waals surface area contributed by atoms with Crippen molar-refractivity contribution < 1.29 is 28.9 Å². The summed E-state index contributed by atoms with van der Waals surface area (Å²) in [6.45, 7) is 23.7. The molecule has 12 nitrogen and oxygen atoms in total. The van der Waals surface area contributed by atoms with E-state index in [-0.39, 0.29) is 5.97 Å². The Balaban J connectivity index is 0.000000179. The lowest BCUT2D eigenvalue weighted by Crippen LogP contribution is -2.52. The molecular formula is C45H56N6O6S2. The molecule has 0 bridgehead atoms. The predicted molar refractivity (Wildman–Crippen MR) is 236 cm³/mol. The highest BCUT2D eigenvalue weighted by Gasteiger charge is 2.35. The Hall–Kier alpha value is -4.76. The summed E-state index contributed by atoms with van der Waals surface area (Å²) >= 11 is 3.31. The lowest BCUT2D eigenvalue weighted by atomic mass is 9.92. The second-order valence-corrected chi connectivity index (χ2v) is 19.7. The van der Waals surface area contributed by atoms with Crippen LogP contribution in [0.15, 0.2) is 58.5 Å². The largest absolute Gasteiger partial charge is 0.481 e. The van der Waals surface area contributed by atoms with E-state index in [1.807, 2.05) is 38.1 Å². The number of piperazine rings is 2. The molecular weight excluding hydrogens is 785 g/mol. The number of carboxylic acid groups (broad SMARTS) is 1. The molecule has 4 aliphatic rings. The molecule has 4 aliphatic heterocycles. The Morgan fingerprint density at radius 3 is 1.46 bits per heavy atom. The summed E-state index contributed by atoms with van der Waals surface area (Å²) < 4.78 is 17.5. The van der Waals surface area contributed by atoms with Crippen LogP contribution in [0, 0.1) is 38.5 Å². The number of esters is 1. The van der Waals surface area contributed by atoms with Gasteiger partial charge in [0.2, 0.25) is 0 Å². The number of amidine groups is 2. The number of hydrogen-bond acceptors (Lipinski definition) is 13. The molecule has 0 saturated carbocycles. The third kappa shape index (κ3) is 9.51. The number of aliphatic carboxylic acids is 1. The summed E-state index contributed by atoms with van der Waals surface area (Å²) in [6.07, 6.45) is 0. The van der Waals surface area contributed by atoms with Crippen molar-refractivity contribution in [3.8, 4) is 21.6 Å². The average Bonchev–Trinajstić information content (AvgIpc) is 3.65. The van der Waals surface area contributed by atoms with E-state index in [9.17, 15) is 14.7 Å². The highest BCUT2D eigenvalue weighted by atomic mass is 32.1. The van der Waals surface area contributed by atoms with E-state index < -0.39 is 16.8 Å². The number of ether oxygens (including phenoxy) is 3. The lowest BCUT2D eigenvalue weighted by Gasteiger charge is -2.39. The van der Waals surface area contributed by atoms with Gasteiger partial charge in [0.15, 0.2) is 21.6 Å². The molecule has 14 heteroatoms. The minimum Gasteiger partial charge on any atom is -0.481 e. The van der Waals surface area contributed by atoms with Crippen molar-refractivity contribution in [1.29, 1.82) is 0 Å². The first-order valence-corrected chi connectivity index (χ1v) is 21.9. The standard InChI is InChI=1S/C23H29N3O3S.C22H27N3O3S/c1-15-6-7-18-19(12-15)29-21-17(13-16(2)30-21)20(24-18)26-10-8-25(9-11-26)14-23(3,4)22(27)28-5;1-14-5-6-17-18(11-14)28-20-16(12-15(2)29-20)19(23-17)25-9-7-24(8-10-25)13-22(3,4)21(26)27/h6-7,12-13H,8-11,14H2,1-5H3;5-6,11-12H,7-10,13H2,1-4H3,(H,26,27). The van der Waals surface area contributed by atoms with Crippen LogP contribution in [0.2, 0.25) is 0 Å². The number of thiophene rings is 2. The zero-order chi connectivity index (χ0) is 42.2. The fraction of sp³-hybridized carbons (Fsp3) is 0.467. The van der Waals surface area contributed by atoms with Gasteiger partial charge in [-0.25, -0.2) is 9.98 Å². The van der Waals surface area contributed by atoms with E-state index in [1.54, 1.807) is 36.5 Å². The van der Waals surface area contributed by atoms with Crippen molar-refractivity contribution in [3.63, 3.8) is 0 Å². The zero-order valence-corrected chi connectivity index (χ0v) is 37.3. The normalized spacial score (nSPS) is 17.0. The number of carboxylic acids is 1. The van der Waals surface area contributed by atoms with Crippen molar-refractivity contribution in [3.05, 3.63) is 80.5 Å². The third-order valence-corrected chi connectivity index (χ3v) is 13.0. The quantitative estimate of drug-likeness (QED) is 0.189. The SMILES string of the molecule is COC(=O)C(C)(C)CN1CCN(C2=Nc3ccc(C)cc3Oc3sc(C)cc32)CC1.Cc1ccc2c(c1)Oc1sc(C)cc1C(N1CCN(CC(C)(C)C(=O)O)CC1)=N2. The van der Waals surface area contributed by atoms with Crippen LogP contribution in [0.1, 0.15) is 59.7 Å². The van der Waals surface area contributed by atoms with Crippen molar-refractivity contribution in [2.75, 3.05) is 72.6 Å². The third-order valence-electron chi connectivity index (χ3n) is 11.1. The number of fused-ring (bicyclic) bond motifs is 4. The first-order chi connectivity index (χ1) is 28.0. The summed E-state index contributed by atoms with van der Waals surface area (Å²) in [5.41, 5.74) is 4.86. The maximum Gasteiger partial charge on any atom is 0.312 e. The van der Waals surface area contributed by atoms with Gasteiger partial charge in [-0.05, 0) is 103 Å². The van der Waals surface area contributed by atoms with Gasteiger partial charge in [0.25, 0.3) is 0 Å². The Morgan fingerprint density at radius 2 is 1.07 bits per heavy atom. The van der Waals surface area contributed by atoms with Gasteiger partial charge in [-0.1, -0.05) is 12.1 Å². The first kappa shape index (κ1) is 42.4. The van der Waals surface area contributed by atoms with Crippen LogP contribution in [-0.2, 0) is 14.3 Å². The van der Waals surface area contributed by atoms with Gasteiger partial charge in [-0.3, -0.25) is 19.4 Å². The number of carbonyl (C=O) groups excluding carboxylic acids is 1. The molecule has 2 saturated heterocycles. The number of methoxy groups -OCH3 is 1. The number of nitrogens with zero attached hydrogens (tertiary/aromatic N) is 6. The second kappa shape index (κ2) is 17.1. The second-order valence-electron chi connectivity index (χ2n) is 17.2. The van der Waals surface area contributed by atoms with Crippen molar-refractivity contribution in [2.24, 2.45) is 20.8 Å². The van der Waals surface area contributed by atoms with E-state index in [2.05, 4.69) is 71.6 Å². The van der Waals surface area contributed by atoms with Crippen molar-refractivity contribution in [1.82, 2.24) is 19.6 Å². The van der Waals surface area contributed by atoms with Gasteiger partial charge in [0.1, 0.15) is 23.0 Å². The molecule has 0 spiro atoms. The number of rotatable bonds is 6. The fourth-order valence-electron chi connectivity index (χ4n) is 7.83. The number of carbonyl (C=O) groups is 2. The van der Waals surface area contributed by atoms with Crippen LogP contribution >= 0.6 is 22.7 Å². The van der Waals surface area contributed by atoms with Crippen molar-refractivity contribution in [2.45, 2.75) is 55.4 Å². The van der Waals surface area contributed by atoms with E-state index in [1.165, 1.54) is 16.9 Å². The monoisotopic (exact) mass is 840 g/mol. The lowest BCUT2D eigenvalue weighted by molar-refractivity contribution is -0.152. The van der Waals surface area contributed by atoms with Gasteiger partial charge in [0.05, 0.1) is 29.1 Å². The van der Waals surface area contributed by atoms with Crippen LogP contribution < -0.4 is 9.47 Å². The van der Waals surface area contributed by atoms with E-state index >= 15 is 0 Å². The molecule has 2 aromatic carbocycles. The fourth-order valence-corrected chi connectivity index (χ4v) is 9.55. The van der Waals surface area contributed by atoms with Gasteiger partial charge in [-0.2, -0.15) is 0 Å². The molecule has 0 unspecified atom stereocenters. The first-order valence-electron chi connectivity index (χ1n) is 20.2. The number of aryl methyl sites for hydroxylation is 4. The Bertz CT molecular complexity index is 2280. The highest BCUT2D eigenvalue weighted by Crippen LogP contribution is 2.44. The molecule has 314 valence electrons. The Kier molecular flexibility index (Phi) is 12.3. The van der Waals surface area contributed by atoms with Gasteiger partial charge in [-0.15, -0.1) is 22.7 Å². The van der Waals surface area contributed by atoms with Gasteiger partial charge < -0.3 is 29.1 Å². The Labute approximate surface area is 355 Å². The topological polar surface area (TPSA) is 120 Å². The maximum absolute atomic E-state index is 12.0. The molecule has 0 amide bonds. The van der Waals surface area contributed by atoms with Crippen LogP contribution in [0.5, 0.6) is 21.6 Å². The maximum atomic E-state index is 12.0. The number of aliphatic imine (C=N–C) groups is 2. The predicted octanol–water partition coefficient (Wildman–Crippen LogP) is 8.64. The summed E-state index contributed by atoms with van der Waals surface area (Å²) in [7, 11) is 1.45. The van der Waals surface area contributed by atoms with E-state index in [4.69, 9.17) is 24.2 Å². The summed E-state index contributed by atoms with van der Waals surface area (Å²) in [6, 6.07) is 16.6. The zero-order valence-electron chi connectivity index (χ0n) is 35.7. The van der Waals surface area contributed by atoms with Gasteiger partial charge >= 0.3 is 11.9 Å². The van der Waals surface area contributed by atoms with Crippen LogP contribution in [-0.4, -0.2) is 121 Å². The van der Waals surface area contributed by atoms with Crippen LogP contribution in [0.3, 0.4) is 0 Å². The van der Waals surface area contributed by atoms with E-state index in [0.717, 1.165) is 119 Å². The highest BCUT2D eigenvalue weighted by molar-refractivity contribution is 7.14. The molecule has 6 heterocycles. The van der Waals surface area contributed by atoms with Gasteiger partial charge in [0, 0.05) is 75.2 Å². The molecule has 2 fully saturated rings. The molecule has 59 heavy (non-hydrogen) atoms. The molecule has 2 aromatic heterocycles. The summed E-state index contributed by atoms with van der Waals surface area (Å²) in [5, 5.41) is 11.2. The molecule has 1 N–H and O–H groups in total. The summed E-state index contributed by atoms with van der Waals surface area (Å²) in [4.78, 5) is 45.1. The Morgan fingerprint density at radius 1 is 0.661 bits per heavy atom.